The highest BCUT2D eigenvalue weighted by Gasteiger charge is 2.60. The molecule has 0 N–H and O–H groups in total. The van der Waals surface area contributed by atoms with Crippen LogP contribution in [0.2, 0.25) is 5.02 Å². The molecular formula is C24H18ClFN2O3S. The van der Waals surface area contributed by atoms with Crippen molar-refractivity contribution in [2.75, 3.05) is 22.7 Å². The Balaban J connectivity index is 1.62. The fraction of sp³-hybridized carbons (Fsp3) is 0.167. The van der Waals surface area contributed by atoms with Gasteiger partial charge in [-0.2, -0.15) is 0 Å². The zero-order valence-corrected chi connectivity index (χ0v) is 18.6. The lowest BCUT2D eigenvalue weighted by molar-refractivity contribution is -0.123. The third-order valence-corrected chi connectivity index (χ3v) is 7.39. The summed E-state index contributed by atoms with van der Waals surface area (Å²) in [7, 11) is 1.52. The molecule has 0 unspecified atom stereocenters. The molecule has 8 heteroatoms. The highest BCUT2D eigenvalue weighted by Crippen LogP contribution is 2.56. The van der Waals surface area contributed by atoms with E-state index < -0.39 is 4.87 Å². The first kappa shape index (κ1) is 20.8. The molecule has 3 aromatic carbocycles. The molecule has 0 aliphatic carbocycles. The van der Waals surface area contributed by atoms with E-state index in [4.69, 9.17) is 16.3 Å². The zero-order chi connectivity index (χ0) is 22.5. The summed E-state index contributed by atoms with van der Waals surface area (Å²) in [6, 6.07) is 18.6. The summed E-state index contributed by atoms with van der Waals surface area (Å²) >= 11 is 7.64. The van der Waals surface area contributed by atoms with E-state index in [9.17, 15) is 14.0 Å². The van der Waals surface area contributed by atoms with Gasteiger partial charge < -0.3 is 9.64 Å². The molecule has 2 amide bonds. The summed E-state index contributed by atoms with van der Waals surface area (Å²) in [5, 5.41) is 0.353. The molecule has 2 aliphatic heterocycles. The summed E-state index contributed by atoms with van der Waals surface area (Å²) in [4.78, 5) is 29.0. The third-order valence-electron chi connectivity index (χ3n) is 5.71. The molecule has 5 rings (SSSR count). The predicted molar refractivity (Wildman–Crippen MR) is 124 cm³/mol. The van der Waals surface area contributed by atoms with Crippen LogP contribution >= 0.6 is 23.4 Å². The minimum absolute atomic E-state index is 0.161. The number of hydrogen-bond acceptors (Lipinski definition) is 4. The van der Waals surface area contributed by atoms with Crippen LogP contribution in [0, 0.1) is 5.82 Å². The number of ether oxygens (including phenoxy) is 1. The molecule has 0 saturated carbocycles. The Bertz CT molecular complexity index is 1240. The Morgan fingerprint density at radius 3 is 2.56 bits per heavy atom. The van der Waals surface area contributed by atoms with Crippen molar-refractivity contribution in [3.05, 3.63) is 88.7 Å². The van der Waals surface area contributed by atoms with Gasteiger partial charge in [0.15, 0.2) is 0 Å². The number of carbonyl (C=O) groups excluding carboxylic acids is 2. The Morgan fingerprint density at radius 1 is 1.09 bits per heavy atom. The maximum Gasteiger partial charge on any atom is 0.269 e. The van der Waals surface area contributed by atoms with Gasteiger partial charge >= 0.3 is 0 Å². The number of amides is 2. The average Bonchev–Trinajstić information content (AvgIpc) is 3.26. The number of anilines is 2. The fourth-order valence-corrected chi connectivity index (χ4v) is 5.89. The molecular weight excluding hydrogens is 451 g/mol. The first-order valence-corrected chi connectivity index (χ1v) is 11.3. The fourth-order valence-electron chi connectivity index (χ4n) is 4.28. The van der Waals surface area contributed by atoms with Crippen molar-refractivity contribution in [2.45, 2.75) is 11.4 Å². The minimum Gasteiger partial charge on any atom is -0.495 e. The van der Waals surface area contributed by atoms with E-state index in [1.54, 1.807) is 35.2 Å². The molecule has 1 atom stereocenters. The van der Waals surface area contributed by atoms with Gasteiger partial charge in [-0.05, 0) is 42.0 Å². The van der Waals surface area contributed by atoms with Crippen LogP contribution in [0.1, 0.15) is 11.1 Å². The maximum atomic E-state index is 14.0. The molecule has 5 nitrogen and oxygen atoms in total. The normalized spacial score (nSPS) is 19.7. The van der Waals surface area contributed by atoms with Gasteiger partial charge in [-0.25, -0.2) is 4.39 Å². The monoisotopic (exact) mass is 468 g/mol. The van der Waals surface area contributed by atoms with Crippen molar-refractivity contribution in [3.63, 3.8) is 0 Å². The molecule has 2 heterocycles. The van der Waals surface area contributed by atoms with Gasteiger partial charge in [0.05, 0.1) is 30.1 Å². The van der Waals surface area contributed by atoms with Crippen LogP contribution in [0.3, 0.4) is 0 Å². The molecule has 0 radical (unpaired) electrons. The van der Waals surface area contributed by atoms with Crippen LogP contribution in [0.15, 0.2) is 66.7 Å². The topological polar surface area (TPSA) is 49.9 Å². The molecule has 3 aromatic rings. The minimum atomic E-state index is -1.23. The van der Waals surface area contributed by atoms with Crippen molar-refractivity contribution >= 4 is 46.6 Å². The number of halogens is 2. The van der Waals surface area contributed by atoms with E-state index in [2.05, 4.69) is 0 Å². The lowest BCUT2D eigenvalue weighted by Crippen LogP contribution is -2.49. The lowest BCUT2D eigenvalue weighted by Gasteiger charge is -2.33. The first-order chi connectivity index (χ1) is 15.5. The third kappa shape index (κ3) is 3.07. The van der Waals surface area contributed by atoms with Crippen molar-refractivity contribution in [2.24, 2.45) is 0 Å². The van der Waals surface area contributed by atoms with E-state index in [-0.39, 0.29) is 29.9 Å². The van der Waals surface area contributed by atoms with Crippen LogP contribution in [0.5, 0.6) is 5.75 Å². The highest BCUT2D eigenvalue weighted by molar-refractivity contribution is 8.02. The second kappa shape index (κ2) is 7.83. The number of thioether (sulfide) groups is 1. The van der Waals surface area contributed by atoms with Crippen molar-refractivity contribution < 1.29 is 18.7 Å². The van der Waals surface area contributed by atoms with E-state index in [0.717, 1.165) is 16.8 Å². The van der Waals surface area contributed by atoms with E-state index in [1.165, 1.54) is 35.9 Å². The first-order valence-electron chi connectivity index (χ1n) is 9.92. The highest BCUT2D eigenvalue weighted by atomic mass is 35.5. The molecule has 1 fully saturated rings. The van der Waals surface area contributed by atoms with E-state index >= 15 is 0 Å². The number of nitrogens with zero attached hydrogens (tertiary/aromatic N) is 2. The van der Waals surface area contributed by atoms with Gasteiger partial charge in [0.2, 0.25) is 10.8 Å². The SMILES string of the molecule is COc1ccc(N2C(=O)CS[C@@]23C(=O)N(Cc2ccc(F)cc2)c2ccccc23)cc1Cl. The predicted octanol–water partition coefficient (Wildman–Crippen LogP) is 4.97. The summed E-state index contributed by atoms with van der Waals surface area (Å²) in [6.07, 6.45) is 0. The van der Waals surface area contributed by atoms with Crippen LogP contribution in [-0.2, 0) is 21.0 Å². The summed E-state index contributed by atoms with van der Waals surface area (Å²) in [5.41, 5.74) is 2.79. The van der Waals surface area contributed by atoms with E-state index in [0.29, 0.717) is 16.5 Å². The number of hydrogen-bond donors (Lipinski definition) is 0. The molecule has 162 valence electrons. The molecule has 1 saturated heterocycles. The number of rotatable bonds is 4. The van der Waals surface area contributed by atoms with Gasteiger partial charge in [0.25, 0.3) is 5.91 Å². The van der Waals surface area contributed by atoms with Crippen molar-refractivity contribution in [1.82, 2.24) is 0 Å². The summed E-state index contributed by atoms with van der Waals surface area (Å²) in [6.45, 7) is 0.268. The second-order valence-electron chi connectivity index (χ2n) is 7.52. The van der Waals surface area contributed by atoms with Gasteiger partial charge in [-0.3, -0.25) is 14.5 Å². The molecule has 32 heavy (non-hydrogen) atoms. The van der Waals surface area contributed by atoms with Crippen molar-refractivity contribution in [3.8, 4) is 5.75 Å². The Morgan fingerprint density at radius 2 is 1.84 bits per heavy atom. The molecule has 2 aliphatic rings. The van der Waals surface area contributed by atoms with Gasteiger partial charge in [0, 0.05) is 11.3 Å². The standard InChI is InChI=1S/C24H18ClFN2O3S/c1-31-21-11-10-17(12-19(21)25)28-22(29)14-32-24(28)18-4-2-3-5-20(18)27(23(24)30)13-15-6-8-16(26)9-7-15/h2-12H,13-14H2,1H3/t24-/m0/s1. The second-order valence-corrected chi connectivity index (χ2v) is 9.09. The van der Waals surface area contributed by atoms with Gasteiger partial charge in [-0.1, -0.05) is 41.9 Å². The number of para-hydroxylation sites is 1. The zero-order valence-electron chi connectivity index (χ0n) is 17.0. The number of methoxy groups -OCH3 is 1. The number of fused-ring (bicyclic) bond motifs is 2. The summed E-state index contributed by atoms with van der Waals surface area (Å²) < 4.78 is 18.6. The Hall–Kier alpha value is -3.03. The van der Waals surface area contributed by atoms with Crippen LogP contribution in [-0.4, -0.2) is 24.7 Å². The maximum absolute atomic E-state index is 14.0. The smallest absolute Gasteiger partial charge is 0.269 e. The lowest BCUT2D eigenvalue weighted by atomic mass is 10.0. The average molecular weight is 469 g/mol. The molecule has 1 spiro atoms. The van der Waals surface area contributed by atoms with E-state index in [1.807, 2.05) is 24.3 Å². The van der Waals surface area contributed by atoms with Crippen LogP contribution in [0.4, 0.5) is 15.8 Å². The number of benzene rings is 3. The van der Waals surface area contributed by atoms with Crippen molar-refractivity contribution in [1.29, 1.82) is 0 Å². The number of carbonyl (C=O) groups is 2. The van der Waals surface area contributed by atoms with Gasteiger partial charge in [-0.15, -0.1) is 11.8 Å². The Kier molecular flexibility index (Phi) is 5.10. The Labute approximate surface area is 193 Å². The van der Waals surface area contributed by atoms with Crippen LogP contribution in [0.25, 0.3) is 0 Å². The summed E-state index contributed by atoms with van der Waals surface area (Å²) in [5.74, 6) is -0.0831. The quantitative estimate of drug-likeness (QED) is 0.542. The van der Waals surface area contributed by atoms with Crippen LogP contribution < -0.4 is 14.5 Å². The largest absolute Gasteiger partial charge is 0.495 e. The van der Waals surface area contributed by atoms with Gasteiger partial charge in [0.1, 0.15) is 11.6 Å². The molecule has 0 bridgehead atoms. The molecule has 0 aromatic heterocycles.